The summed E-state index contributed by atoms with van der Waals surface area (Å²) in [5.74, 6) is 1.88. The van der Waals surface area contributed by atoms with Gasteiger partial charge in [0.2, 0.25) is 0 Å². The Bertz CT molecular complexity index is 787. The van der Waals surface area contributed by atoms with Crippen LogP contribution in [-0.2, 0) is 11.3 Å². The smallest absolute Gasteiger partial charge is 0.178 e. The van der Waals surface area contributed by atoms with Gasteiger partial charge in [-0.05, 0) is 13.3 Å². The monoisotopic (exact) mass is 299 g/mol. The molecule has 22 heavy (non-hydrogen) atoms. The highest BCUT2D eigenvalue weighted by Gasteiger charge is 2.18. The van der Waals surface area contributed by atoms with E-state index in [1.807, 2.05) is 17.7 Å². The zero-order chi connectivity index (χ0) is 14.9. The van der Waals surface area contributed by atoms with Crippen LogP contribution < -0.4 is 5.32 Å². The summed E-state index contributed by atoms with van der Waals surface area (Å²) in [5, 5.41) is 14.6. The van der Waals surface area contributed by atoms with E-state index in [0.717, 1.165) is 48.9 Å². The van der Waals surface area contributed by atoms with Crippen LogP contribution in [0.4, 0.5) is 11.6 Å². The molecule has 8 nitrogen and oxygen atoms in total. The molecule has 1 aliphatic heterocycles. The van der Waals surface area contributed by atoms with Crippen molar-refractivity contribution in [2.75, 3.05) is 18.5 Å². The molecule has 4 heterocycles. The molecule has 0 amide bonds. The minimum atomic E-state index is 0.496. The van der Waals surface area contributed by atoms with E-state index in [-0.39, 0.29) is 0 Å². The fourth-order valence-electron chi connectivity index (χ4n) is 2.63. The van der Waals surface area contributed by atoms with Gasteiger partial charge in [-0.15, -0.1) is 0 Å². The van der Waals surface area contributed by atoms with E-state index in [4.69, 9.17) is 4.74 Å². The molecule has 1 aliphatic rings. The van der Waals surface area contributed by atoms with Gasteiger partial charge in [-0.2, -0.15) is 10.2 Å². The van der Waals surface area contributed by atoms with Crippen molar-refractivity contribution in [3.05, 3.63) is 24.2 Å². The molecule has 114 valence electrons. The summed E-state index contributed by atoms with van der Waals surface area (Å²) in [6.07, 6.45) is 4.51. The first-order chi connectivity index (χ1) is 10.8. The summed E-state index contributed by atoms with van der Waals surface area (Å²) in [5.41, 5.74) is 2.56. The second kappa shape index (κ2) is 5.38. The van der Waals surface area contributed by atoms with Gasteiger partial charge in [0.1, 0.15) is 5.52 Å². The lowest BCUT2D eigenvalue weighted by molar-refractivity contribution is 0.182. The van der Waals surface area contributed by atoms with Crippen LogP contribution >= 0.6 is 0 Å². The number of hydrogen-bond acceptors (Lipinski definition) is 6. The molecule has 2 N–H and O–H groups in total. The minimum absolute atomic E-state index is 0.496. The summed E-state index contributed by atoms with van der Waals surface area (Å²) >= 11 is 0. The molecule has 1 saturated heterocycles. The van der Waals surface area contributed by atoms with E-state index < -0.39 is 0 Å². The van der Waals surface area contributed by atoms with Crippen LogP contribution in [0.2, 0.25) is 0 Å². The number of aromatic nitrogens is 6. The van der Waals surface area contributed by atoms with Crippen molar-refractivity contribution < 1.29 is 4.74 Å². The summed E-state index contributed by atoms with van der Waals surface area (Å²) in [6.45, 7) is 4.38. The first-order valence-electron chi connectivity index (χ1n) is 7.33. The van der Waals surface area contributed by atoms with Gasteiger partial charge in [0.15, 0.2) is 17.3 Å². The second-order valence-corrected chi connectivity index (χ2v) is 5.58. The number of hydrogen-bond donors (Lipinski definition) is 2. The van der Waals surface area contributed by atoms with E-state index >= 15 is 0 Å². The fourth-order valence-corrected chi connectivity index (χ4v) is 2.63. The van der Waals surface area contributed by atoms with Gasteiger partial charge in [-0.1, -0.05) is 0 Å². The molecular formula is C14H17N7O. The summed E-state index contributed by atoms with van der Waals surface area (Å²) < 4.78 is 7.33. The molecule has 1 atom stereocenters. The maximum absolute atomic E-state index is 5.42. The van der Waals surface area contributed by atoms with Crippen molar-refractivity contribution in [3.8, 4) is 0 Å². The normalized spacial score (nSPS) is 18.1. The van der Waals surface area contributed by atoms with Crippen molar-refractivity contribution in [2.24, 2.45) is 5.92 Å². The highest BCUT2D eigenvalue weighted by molar-refractivity contribution is 5.71. The molecule has 0 radical (unpaired) electrons. The van der Waals surface area contributed by atoms with Gasteiger partial charge in [-0.3, -0.25) is 5.10 Å². The predicted molar refractivity (Wildman–Crippen MR) is 80.9 cm³/mol. The fraction of sp³-hybridized carbons (Fsp3) is 0.429. The standard InChI is InChI=1S/C14H17N7O/c1-9-4-12(20-19-9)17-13-6-15-11-5-16-21(14(11)18-13)7-10-2-3-22-8-10/h4-6,10H,2-3,7-8H2,1H3,(H2,17,18,19,20)/t10-/m1/s1. The Morgan fingerprint density at radius 2 is 2.36 bits per heavy atom. The van der Waals surface area contributed by atoms with Crippen LogP contribution in [-0.4, -0.2) is 43.2 Å². The largest absolute Gasteiger partial charge is 0.381 e. The summed E-state index contributed by atoms with van der Waals surface area (Å²) in [7, 11) is 0. The number of nitrogens with zero attached hydrogens (tertiary/aromatic N) is 5. The van der Waals surface area contributed by atoms with Crippen molar-refractivity contribution in [1.29, 1.82) is 0 Å². The molecule has 0 aromatic carbocycles. The third-order valence-corrected chi connectivity index (χ3v) is 3.76. The third kappa shape index (κ3) is 2.52. The number of fused-ring (bicyclic) bond motifs is 1. The zero-order valence-corrected chi connectivity index (χ0v) is 12.3. The predicted octanol–water partition coefficient (Wildman–Crippen LogP) is 1.64. The van der Waals surface area contributed by atoms with E-state index in [1.54, 1.807) is 12.4 Å². The topological polar surface area (TPSA) is 93.5 Å². The second-order valence-electron chi connectivity index (χ2n) is 5.58. The van der Waals surface area contributed by atoms with Crippen molar-refractivity contribution in [1.82, 2.24) is 29.9 Å². The first-order valence-corrected chi connectivity index (χ1v) is 7.33. The van der Waals surface area contributed by atoms with Gasteiger partial charge < -0.3 is 10.1 Å². The quantitative estimate of drug-likeness (QED) is 0.760. The Balaban J connectivity index is 1.60. The van der Waals surface area contributed by atoms with Crippen LogP contribution in [0, 0.1) is 12.8 Å². The Labute approximate surface area is 126 Å². The summed E-state index contributed by atoms with van der Waals surface area (Å²) in [6, 6.07) is 1.92. The Hall–Kier alpha value is -2.48. The van der Waals surface area contributed by atoms with Gasteiger partial charge >= 0.3 is 0 Å². The van der Waals surface area contributed by atoms with E-state index in [0.29, 0.717) is 11.7 Å². The highest BCUT2D eigenvalue weighted by atomic mass is 16.5. The number of anilines is 2. The third-order valence-electron chi connectivity index (χ3n) is 3.76. The molecule has 0 saturated carbocycles. The molecular weight excluding hydrogens is 282 g/mol. The Morgan fingerprint density at radius 1 is 1.41 bits per heavy atom. The number of H-pyrrole nitrogens is 1. The number of aromatic amines is 1. The molecule has 8 heteroatoms. The lowest BCUT2D eigenvalue weighted by Crippen LogP contribution is -2.12. The molecule has 0 spiro atoms. The average molecular weight is 299 g/mol. The van der Waals surface area contributed by atoms with Crippen molar-refractivity contribution >= 4 is 22.8 Å². The van der Waals surface area contributed by atoms with Crippen LogP contribution in [0.25, 0.3) is 11.2 Å². The van der Waals surface area contributed by atoms with E-state index in [2.05, 4.69) is 30.6 Å². The maximum atomic E-state index is 5.42. The first kappa shape index (κ1) is 13.2. The molecule has 3 aromatic heterocycles. The number of rotatable bonds is 4. The van der Waals surface area contributed by atoms with E-state index in [1.165, 1.54) is 0 Å². The minimum Gasteiger partial charge on any atom is -0.381 e. The number of aryl methyl sites for hydroxylation is 1. The van der Waals surface area contributed by atoms with Crippen LogP contribution in [0.3, 0.4) is 0 Å². The highest BCUT2D eigenvalue weighted by Crippen LogP contribution is 2.19. The van der Waals surface area contributed by atoms with Gasteiger partial charge in [0, 0.05) is 30.8 Å². The molecule has 0 aliphatic carbocycles. The molecule has 4 rings (SSSR count). The zero-order valence-electron chi connectivity index (χ0n) is 12.3. The Morgan fingerprint density at radius 3 is 3.14 bits per heavy atom. The molecule has 0 unspecified atom stereocenters. The summed E-state index contributed by atoms with van der Waals surface area (Å²) in [4.78, 5) is 9.02. The van der Waals surface area contributed by atoms with Gasteiger partial charge in [0.05, 0.1) is 19.0 Å². The number of ether oxygens (including phenoxy) is 1. The van der Waals surface area contributed by atoms with Gasteiger partial charge in [0.25, 0.3) is 0 Å². The molecule has 1 fully saturated rings. The Kier molecular flexibility index (Phi) is 3.23. The SMILES string of the molecule is Cc1cc(Nc2cnc3cnn(C[C@H]4CCOC4)c3n2)n[nH]1. The maximum Gasteiger partial charge on any atom is 0.178 e. The van der Waals surface area contributed by atoms with Crippen molar-refractivity contribution in [3.63, 3.8) is 0 Å². The van der Waals surface area contributed by atoms with E-state index in [9.17, 15) is 0 Å². The van der Waals surface area contributed by atoms with Gasteiger partial charge in [-0.25, -0.2) is 14.6 Å². The average Bonchev–Trinajstić information content (AvgIpc) is 3.23. The van der Waals surface area contributed by atoms with Crippen molar-refractivity contribution in [2.45, 2.75) is 19.9 Å². The number of nitrogens with one attached hydrogen (secondary N) is 2. The lowest BCUT2D eigenvalue weighted by Gasteiger charge is -2.08. The lowest BCUT2D eigenvalue weighted by atomic mass is 10.1. The molecule has 3 aromatic rings. The van der Waals surface area contributed by atoms with Crippen LogP contribution in [0.15, 0.2) is 18.5 Å². The van der Waals surface area contributed by atoms with Crippen LogP contribution in [0.5, 0.6) is 0 Å². The molecule has 0 bridgehead atoms. The van der Waals surface area contributed by atoms with Crippen LogP contribution in [0.1, 0.15) is 12.1 Å².